The van der Waals surface area contributed by atoms with Gasteiger partial charge in [0.1, 0.15) is 11.5 Å². The first kappa shape index (κ1) is 23.9. The minimum Gasteiger partial charge on any atom is -0.497 e. The number of ether oxygens (including phenoxy) is 2. The van der Waals surface area contributed by atoms with Gasteiger partial charge in [-0.1, -0.05) is 18.2 Å². The molecule has 0 aliphatic carbocycles. The summed E-state index contributed by atoms with van der Waals surface area (Å²) in [6.45, 7) is -0.569. The molecule has 3 aromatic rings. The van der Waals surface area contributed by atoms with Gasteiger partial charge in [0, 0.05) is 6.07 Å². The Morgan fingerprint density at radius 3 is 2.30 bits per heavy atom. The molecule has 0 bridgehead atoms. The number of methoxy groups -OCH3 is 1. The number of sulfonamides is 1. The fourth-order valence-electron chi connectivity index (χ4n) is 2.79. The highest BCUT2D eigenvalue weighted by atomic mass is 32.2. The Kier molecular flexibility index (Phi) is 7.12. The van der Waals surface area contributed by atoms with Crippen molar-refractivity contribution in [3.63, 3.8) is 0 Å². The number of amides is 1. The van der Waals surface area contributed by atoms with Gasteiger partial charge in [-0.2, -0.15) is 13.2 Å². The summed E-state index contributed by atoms with van der Waals surface area (Å²) in [6.07, 6.45) is -4.62. The van der Waals surface area contributed by atoms with Crippen molar-refractivity contribution in [3.8, 4) is 11.5 Å². The highest BCUT2D eigenvalue weighted by Gasteiger charge is 2.33. The maximum atomic E-state index is 13.0. The maximum absolute atomic E-state index is 13.0. The van der Waals surface area contributed by atoms with Crippen LogP contribution in [0.4, 0.5) is 24.5 Å². The van der Waals surface area contributed by atoms with Crippen LogP contribution in [0.15, 0.2) is 77.7 Å². The smallest absolute Gasteiger partial charge is 0.418 e. The van der Waals surface area contributed by atoms with Crippen LogP contribution in [0.3, 0.4) is 0 Å². The molecule has 0 atom stereocenters. The zero-order valence-electron chi connectivity index (χ0n) is 17.2. The number of carbonyl (C=O) groups excluding carboxylic acids is 1. The molecular weight excluding hydrogens is 461 g/mol. The summed E-state index contributed by atoms with van der Waals surface area (Å²) in [5.41, 5.74) is -1.05. The van der Waals surface area contributed by atoms with E-state index in [0.29, 0.717) is 11.4 Å². The third kappa shape index (κ3) is 6.39. The number of carbonyl (C=O) groups is 1. The lowest BCUT2D eigenvalue weighted by atomic mass is 10.1. The van der Waals surface area contributed by atoms with Crippen LogP contribution in [-0.4, -0.2) is 28.0 Å². The first-order chi connectivity index (χ1) is 15.6. The van der Waals surface area contributed by atoms with Crippen LogP contribution in [0.25, 0.3) is 0 Å². The summed E-state index contributed by atoms with van der Waals surface area (Å²) in [7, 11) is -2.43. The summed E-state index contributed by atoms with van der Waals surface area (Å²) >= 11 is 0. The van der Waals surface area contributed by atoms with Gasteiger partial charge in [-0.25, -0.2) is 8.42 Å². The number of alkyl halides is 3. The molecule has 0 unspecified atom stereocenters. The van der Waals surface area contributed by atoms with Crippen molar-refractivity contribution < 1.29 is 35.9 Å². The summed E-state index contributed by atoms with van der Waals surface area (Å²) in [4.78, 5) is 12.0. The number of anilines is 2. The molecule has 0 radical (unpaired) electrons. The van der Waals surface area contributed by atoms with Gasteiger partial charge in [0.15, 0.2) is 6.61 Å². The van der Waals surface area contributed by atoms with Crippen LogP contribution >= 0.6 is 0 Å². The Labute approximate surface area is 188 Å². The van der Waals surface area contributed by atoms with E-state index >= 15 is 0 Å². The molecule has 0 saturated carbocycles. The lowest BCUT2D eigenvalue weighted by Gasteiger charge is -2.14. The molecule has 3 aromatic carbocycles. The van der Waals surface area contributed by atoms with Gasteiger partial charge in [-0.3, -0.25) is 9.52 Å². The topological polar surface area (TPSA) is 93.7 Å². The van der Waals surface area contributed by atoms with Gasteiger partial charge in [-0.05, 0) is 48.5 Å². The predicted octanol–water partition coefficient (Wildman–Crippen LogP) is 4.53. The van der Waals surface area contributed by atoms with Gasteiger partial charge in [0.05, 0.1) is 28.9 Å². The average Bonchev–Trinajstić information content (AvgIpc) is 2.77. The number of halogens is 3. The molecule has 7 nitrogen and oxygen atoms in total. The van der Waals surface area contributed by atoms with Gasteiger partial charge in [0.2, 0.25) is 0 Å². The van der Waals surface area contributed by atoms with E-state index in [1.165, 1.54) is 49.6 Å². The maximum Gasteiger partial charge on any atom is 0.418 e. The first-order valence-corrected chi connectivity index (χ1v) is 10.9. The number of para-hydroxylation sites is 1. The highest BCUT2D eigenvalue weighted by molar-refractivity contribution is 7.92. The molecule has 0 aliphatic heterocycles. The van der Waals surface area contributed by atoms with Crippen molar-refractivity contribution in [2.45, 2.75) is 11.1 Å². The minimum absolute atomic E-state index is 0.0544. The van der Waals surface area contributed by atoms with E-state index in [0.717, 1.165) is 12.1 Å². The zero-order valence-corrected chi connectivity index (χ0v) is 18.0. The molecule has 1 amide bonds. The van der Waals surface area contributed by atoms with Gasteiger partial charge in [-0.15, -0.1) is 0 Å². The van der Waals surface area contributed by atoms with Crippen molar-refractivity contribution >= 4 is 27.3 Å². The van der Waals surface area contributed by atoms with Crippen LogP contribution < -0.4 is 19.5 Å². The predicted molar refractivity (Wildman–Crippen MR) is 116 cm³/mol. The number of hydrogen-bond donors (Lipinski definition) is 2. The Morgan fingerprint density at radius 1 is 0.939 bits per heavy atom. The second kappa shape index (κ2) is 9.82. The molecule has 0 aromatic heterocycles. The zero-order chi connectivity index (χ0) is 24.1. The van der Waals surface area contributed by atoms with E-state index in [1.54, 1.807) is 18.2 Å². The van der Waals surface area contributed by atoms with Crippen molar-refractivity contribution in [1.82, 2.24) is 0 Å². The Morgan fingerprint density at radius 2 is 1.64 bits per heavy atom. The van der Waals surface area contributed by atoms with Crippen molar-refractivity contribution in [3.05, 3.63) is 78.4 Å². The second-order valence-electron chi connectivity index (χ2n) is 6.69. The van der Waals surface area contributed by atoms with E-state index in [-0.39, 0.29) is 16.3 Å². The molecule has 33 heavy (non-hydrogen) atoms. The Hall–Kier alpha value is -3.73. The molecule has 0 fully saturated rings. The van der Waals surface area contributed by atoms with Gasteiger partial charge >= 0.3 is 6.18 Å². The molecule has 3 rings (SSSR count). The van der Waals surface area contributed by atoms with Crippen molar-refractivity contribution in [2.24, 2.45) is 0 Å². The van der Waals surface area contributed by atoms with Crippen LogP contribution in [-0.2, 0) is 21.0 Å². The van der Waals surface area contributed by atoms with Crippen LogP contribution in [0.1, 0.15) is 5.56 Å². The second-order valence-corrected chi connectivity index (χ2v) is 8.37. The largest absolute Gasteiger partial charge is 0.497 e. The van der Waals surface area contributed by atoms with Gasteiger partial charge in [0.25, 0.3) is 15.9 Å². The van der Waals surface area contributed by atoms with Crippen molar-refractivity contribution in [1.29, 1.82) is 0 Å². The van der Waals surface area contributed by atoms with Gasteiger partial charge < -0.3 is 14.8 Å². The molecule has 0 spiro atoms. The fourth-order valence-corrected chi connectivity index (χ4v) is 3.84. The van der Waals surface area contributed by atoms with Crippen LogP contribution in [0.5, 0.6) is 11.5 Å². The molecule has 0 heterocycles. The molecule has 174 valence electrons. The first-order valence-electron chi connectivity index (χ1n) is 9.44. The van der Waals surface area contributed by atoms with E-state index < -0.39 is 34.3 Å². The third-order valence-electron chi connectivity index (χ3n) is 4.33. The van der Waals surface area contributed by atoms with E-state index in [2.05, 4.69) is 10.0 Å². The fraction of sp³-hybridized carbons (Fsp3) is 0.136. The summed E-state index contributed by atoms with van der Waals surface area (Å²) in [6, 6.07) is 16.2. The third-order valence-corrected chi connectivity index (χ3v) is 5.73. The standard InChI is InChI=1S/C22H19F3N2O5S/c1-31-17-6-4-5-15(13-17)27-33(29,30)18-11-9-16(10-12-18)32-14-21(28)26-20-8-3-2-7-19(20)22(23,24)25/h2-13,27H,14H2,1H3,(H,26,28). The lowest BCUT2D eigenvalue weighted by molar-refractivity contribution is -0.137. The Bertz CT molecular complexity index is 1230. The Balaban J connectivity index is 1.61. The minimum atomic E-state index is -4.62. The number of rotatable bonds is 8. The monoisotopic (exact) mass is 480 g/mol. The van der Waals surface area contributed by atoms with Crippen LogP contribution in [0.2, 0.25) is 0 Å². The van der Waals surface area contributed by atoms with E-state index in [9.17, 15) is 26.4 Å². The quantitative estimate of drug-likeness (QED) is 0.494. The molecule has 0 aliphatic rings. The van der Waals surface area contributed by atoms with E-state index in [1.807, 2.05) is 0 Å². The summed E-state index contributed by atoms with van der Waals surface area (Å²) in [5, 5.41) is 2.16. The van der Waals surface area contributed by atoms with Crippen LogP contribution in [0, 0.1) is 0 Å². The van der Waals surface area contributed by atoms with E-state index in [4.69, 9.17) is 9.47 Å². The molecular formula is C22H19F3N2O5S. The summed E-state index contributed by atoms with van der Waals surface area (Å²) in [5.74, 6) is -0.159. The number of benzene rings is 3. The molecule has 0 saturated heterocycles. The normalized spacial score (nSPS) is 11.5. The number of hydrogen-bond acceptors (Lipinski definition) is 5. The lowest BCUT2D eigenvalue weighted by Crippen LogP contribution is -2.22. The molecule has 2 N–H and O–H groups in total. The number of nitrogens with one attached hydrogen (secondary N) is 2. The SMILES string of the molecule is COc1cccc(NS(=O)(=O)c2ccc(OCC(=O)Nc3ccccc3C(F)(F)F)cc2)c1. The highest BCUT2D eigenvalue weighted by Crippen LogP contribution is 2.34. The molecule has 11 heteroatoms. The average molecular weight is 480 g/mol. The summed E-state index contributed by atoms with van der Waals surface area (Å²) < 4.78 is 76.9. The van der Waals surface area contributed by atoms with Crippen molar-refractivity contribution in [2.75, 3.05) is 23.8 Å².